The van der Waals surface area contributed by atoms with Crippen LogP contribution in [-0.2, 0) is 5.41 Å². The van der Waals surface area contributed by atoms with Gasteiger partial charge in [0.2, 0.25) is 0 Å². The molecule has 0 bridgehead atoms. The summed E-state index contributed by atoms with van der Waals surface area (Å²) in [7, 11) is 0. The molecule has 0 radical (unpaired) electrons. The molecule has 0 saturated heterocycles. The molecule has 13 rings (SSSR count). The van der Waals surface area contributed by atoms with Gasteiger partial charge in [0.1, 0.15) is 0 Å². The Hall–Kier alpha value is -7.94. The highest BCUT2D eigenvalue weighted by Crippen LogP contribution is 2.57. The summed E-state index contributed by atoms with van der Waals surface area (Å²) >= 11 is 0. The van der Waals surface area contributed by atoms with Gasteiger partial charge in [-0.1, -0.05) is 196 Å². The summed E-state index contributed by atoms with van der Waals surface area (Å²) < 4.78 is 2.40. The highest BCUT2D eigenvalue weighted by atomic mass is 15.1. The van der Waals surface area contributed by atoms with Gasteiger partial charge in [-0.25, -0.2) is 0 Å². The molecule has 0 aliphatic heterocycles. The molecular formula is C67H54N2. The van der Waals surface area contributed by atoms with E-state index < -0.39 is 0 Å². The molecule has 10 aromatic rings. The molecule has 3 aliphatic rings. The number of allylic oxidation sites excluding steroid dienone is 4. The molecule has 2 heteroatoms. The zero-order valence-corrected chi connectivity index (χ0v) is 39.2. The topological polar surface area (TPSA) is 8.17 Å². The molecule has 3 aliphatic carbocycles. The monoisotopic (exact) mass is 886 g/mol. The van der Waals surface area contributed by atoms with Gasteiger partial charge >= 0.3 is 0 Å². The Morgan fingerprint density at radius 2 is 1.09 bits per heavy atom. The second-order valence-electron chi connectivity index (χ2n) is 19.6. The van der Waals surface area contributed by atoms with Gasteiger partial charge in [0, 0.05) is 38.8 Å². The Morgan fingerprint density at radius 1 is 0.449 bits per heavy atom. The number of rotatable bonds is 8. The number of aromatic nitrogens is 1. The van der Waals surface area contributed by atoms with Crippen molar-refractivity contribution >= 4 is 50.0 Å². The Bertz CT molecular complexity index is 3640. The summed E-state index contributed by atoms with van der Waals surface area (Å²) in [5, 5.41) is 2.51. The Labute approximate surface area is 406 Å². The van der Waals surface area contributed by atoms with E-state index in [1.165, 1.54) is 132 Å². The number of nitrogens with zero attached hydrogens (tertiary/aromatic N) is 2. The van der Waals surface area contributed by atoms with Gasteiger partial charge in [0.25, 0.3) is 0 Å². The zero-order valence-electron chi connectivity index (χ0n) is 39.2. The fourth-order valence-electron chi connectivity index (χ4n) is 12.4. The molecule has 9 aromatic carbocycles. The van der Waals surface area contributed by atoms with Crippen LogP contribution in [0, 0.1) is 5.92 Å². The first-order chi connectivity index (χ1) is 34.1. The predicted molar refractivity (Wildman–Crippen MR) is 292 cm³/mol. The van der Waals surface area contributed by atoms with Crippen molar-refractivity contribution in [1.29, 1.82) is 0 Å². The van der Waals surface area contributed by atoms with Crippen molar-refractivity contribution in [3.63, 3.8) is 0 Å². The smallest absolute Gasteiger partial charge is 0.0541 e. The van der Waals surface area contributed by atoms with Crippen LogP contribution in [-0.4, -0.2) is 4.57 Å². The third-order valence-corrected chi connectivity index (χ3v) is 15.6. The van der Waals surface area contributed by atoms with E-state index in [0.717, 1.165) is 17.8 Å². The summed E-state index contributed by atoms with van der Waals surface area (Å²) in [6.07, 6.45) is 12.0. The Kier molecular flexibility index (Phi) is 10.2. The second-order valence-corrected chi connectivity index (χ2v) is 19.6. The maximum Gasteiger partial charge on any atom is 0.0541 e. The van der Waals surface area contributed by atoms with E-state index in [1.54, 1.807) is 0 Å². The fourth-order valence-corrected chi connectivity index (χ4v) is 12.4. The van der Waals surface area contributed by atoms with Gasteiger partial charge in [0.15, 0.2) is 0 Å². The van der Waals surface area contributed by atoms with E-state index in [-0.39, 0.29) is 5.41 Å². The fraction of sp³-hybridized carbons (Fsp3) is 0.134. The number of hydrogen-bond acceptors (Lipinski definition) is 1. The highest BCUT2D eigenvalue weighted by molar-refractivity contribution is 6.10. The van der Waals surface area contributed by atoms with Crippen LogP contribution in [0.15, 0.2) is 231 Å². The Morgan fingerprint density at radius 3 is 1.93 bits per heavy atom. The number of para-hydroxylation sites is 3. The van der Waals surface area contributed by atoms with Crippen molar-refractivity contribution in [3.05, 3.63) is 253 Å². The number of benzene rings is 9. The normalized spacial score (nSPS) is 16.0. The molecular weight excluding hydrogens is 833 g/mol. The number of hydrogen-bond donors (Lipinski definition) is 0. The van der Waals surface area contributed by atoms with Crippen molar-refractivity contribution in [1.82, 2.24) is 4.57 Å². The highest BCUT2D eigenvalue weighted by Gasteiger charge is 2.43. The number of anilines is 3. The largest absolute Gasteiger partial charge is 0.310 e. The molecule has 1 unspecified atom stereocenters. The predicted octanol–water partition coefficient (Wildman–Crippen LogP) is 18.3. The summed E-state index contributed by atoms with van der Waals surface area (Å²) in [6, 6.07) is 81.7. The van der Waals surface area contributed by atoms with Gasteiger partial charge in [-0.05, 0) is 147 Å². The van der Waals surface area contributed by atoms with Gasteiger partial charge in [-0.3, -0.25) is 0 Å². The summed E-state index contributed by atoms with van der Waals surface area (Å²) in [5.74, 6) is 0.436. The van der Waals surface area contributed by atoms with Crippen LogP contribution >= 0.6 is 0 Å². The summed E-state index contributed by atoms with van der Waals surface area (Å²) in [4.78, 5) is 2.54. The molecule has 332 valence electrons. The standard InChI is InChI=1S/C67H54N2/c1-46-34-37-53(47-20-5-2-6-21-47)59(42-46)55-27-10-9-26-54(55)57-29-12-15-32-64(57)68(52-36-38-63-60(45-52)56-28-11-14-31-62(56)67(63)40-17-4-18-41-67)51-25-19-22-48(43-51)49-35-39-66-61(44-49)58-30-13-16-33-65(58)69(66)50-23-7-3-8-24-50/h2-3,5-16,19-39,43-46H,4,17-18,40-42H2,1H3. The van der Waals surface area contributed by atoms with E-state index in [0.29, 0.717) is 5.92 Å². The van der Waals surface area contributed by atoms with Gasteiger partial charge in [-0.2, -0.15) is 0 Å². The molecule has 1 heterocycles. The van der Waals surface area contributed by atoms with Crippen LogP contribution in [0.3, 0.4) is 0 Å². The molecule has 69 heavy (non-hydrogen) atoms. The lowest BCUT2D eigenvalue weighted by Gasteiger charge is -2.36. The minimum Gasteiger partial charge on any atom is -0.310 e. The van der Waals surface area contributed by atoms with E-state index in [4.69, 9.17) is 0 Å². The molecule has 1 spiro atoms. The van der Waals surface area contributed by atoms with E-state index in [1.807, 2.05) is 0 Å². The first-order valence-electron chi connectivity index (χ1n) is 25.0. The molecule has 1 saturated carbocycles. The Balaban J connectivity index is 1.01. The first-order valence-corrected chi connectivity index (χ1v) is 25.0. The van der Waals surface area contributed by atoms with Crippen molar-refractivity contribution < 1.29 is 0 Å². The average Bonchev–Trinajstić information content (AvgIpc) is 3.88. The van der Waals surface area contributed by atoms with E-state index >= 15 is 0 Å². The molecule has 2 nitrogen and oxygen atoms in total. The van der Waals surface area contributed by atoms with E-state index in [9.17, 15) is 0 Å². The minimum absolute atomic E-state index is 0.0857. The van der Waals surface area contributed by atoms with Crippen molar-refractivity contribution in [2.45, 2.75) is 50.9 Å². The minimum atomic E-state index is 0.0857. The van der Waals surface area contributed by atoms with Gasteiger partial charge < -0.3 is 9.47 Å². The quantitative estimate of drug-likeness (QED) is 0.148. The molecule has 0 N–H and O–H groups in total. The molecule has 1 aromatic heterocycles. The lowest BCUT2D eigenvalue weighted by molar-refractivity contribution is 0.353. The van der Waals surface area contributed by atoms with Gasteiger partial charge in [-0.15, -0.1) is 0 Å². The van der Waals surface area contributed by atoms with Crippen LogP contribution in [0.5, 0.6) is 0 Å². The van der Waals surface area contributed by atoms with Crippen molar-refractivity contribution in [3.8, 4) is 39.1 Å². The summed E-state index contributed by atoms with van der Waals surface area (Å²) in [5.41, 5.74) is 23.0. The third kappa shape index (κ3) is 6.92. The van der Waals surface area contributed by atoms with E-state index in [2.05, 4.69) is 247 Å². The van der Waals surface area contributed by atoms with Crippen LogP contribution in [0.25, 0.3) is 72.0 Å². The maximum absolute atomic E-state index is 2.54. The van der Waals surface area contributed by atoms with Crippen LogP contribution < -0.4 is 4.90 Å². The van der Waals surface area contributed by atoms with Crippen LogP contribution in [0.4, 0.5) is 17.1 Å². The van der Waals surface area contributed by atoms with Crippen LogP contribution in [0.2, 0.25) is 0 Å². The maximum atomic E-state index is 2.54. The molecule has 1 fully saturated rings. The number of fused-ring (bicyclic) bond motifs is 8. The second kappa shape index (κ2) is 17.0. The molecule has 0 amide bonds. The van der Waals surface area contributed by atoms with Gasteiger partial charge in [0.05, 0.1) is 16.7 Å². The molecule has 1 atom stereocenters. The lowest BCUT2D eigenvalue weighted by atomic mass is 9.68. The first kappa shape index (κ1) is 41.3. The SMILES string of the molecule is CC1C=CC(c2ccccc2)=C(c2ccccc2-c2ccccc2N(c2cccc(-c3ccc4c(c3)c3ccccc3n4-c3ccccc3)c2)c2ccc3c(c2)-c2ccccc2C32CCCCC2)C1. The zero-order chi connectivity index (χ0) is 45.9. The van der Waals surface area contributed by atoms with Crippen molar-refractivity contribution in [2.24, 2.45) is 5.92 Å². The average molecular weight is 887 g/mol. The van der Waals surface area contributed by atoms with Crippen molar-refractivity contribution in [2.75, 3.05) is 4.90 Å². The van der Waals surface area contributed by atoms with Crippen LogP contribution in [0.1, 0.15) is 67.7 Å². The third-order valence-electron chi connectivity index (χ3n) is 15.6. The summed E-state index contributed by atoms with van der Waals surface area (Å²) in [6.45, 7) is 2.34. The lowest BCUT2D eigenvalue weighted by Crippen LogP contribution is -2.28.